The Kier molecular flexibility index (Phi) is 6.99. The Morgan fingerprint density at radius 1 is 0.583 bits per heavy atom. The van der Waals surface area contributed by atoms with Crippen LogP contribution in [-0.2, 0) is 0 Å². The van der Waals surface area contributed by atoms with Crippen molar-refractivity contribution in [3.8, 4) is 0 Å². The van der Waals surface area contributed by atoms with Crippen LogP contribution in [0, 0.1) is 0 Å². The Labute approximate surface area is 213 Å². The van der Waals surface area contributed by atoms with Gasteiger partial charge in [-0.25, -0.2) is 0 Å². The van der Waals surface area contributed by atoms with E-state index in [0.717, 1.165) is 44.7 Å². The highest BCUT2D eigenvalue weighted by Crippen LogP contribution is 2.37. The van der Waals surface area contributed by atoms with Crippen molar-refractivity contribution >= 4 is 34.6 Å². The largest absolute Gasteiger partial charge is 0.377 e. The summed E-state index contributed by atoms with van der Waals surface area (Å²) in [4.78, 5) is 16.7. The van der Waals surface area contributed by atoms with Crippen molar-refractivity contribution in [2.75, 3.05) is 19.0 Å². The summed E-state index contributed by atoms with van der Waals surface area (Å²) in [7, 11) is 4.16. The van der Waals surface area contributed by atoms with E-state index < -0.39 is 0 Å². The van der Waals surface area contributed by atoms with Crippen molar-refractivity contribution in [1.29, 1.82) is 0 Å². The predicted molar refractivity (Wildman–Crippen MR) is 151 cm³/mol. The molecule has 0 saturated heterocycles. The molecule has 3 heterocycles. The van der Waals surface area contributed by atoms with E-state index in [-0.39, 0.29) is 6.71 Å². The Morgan fingerprint density at radius 3 is 1.69 bits per heavy atom. The van der Waals surface area contributed by atoms with Gasteiger partial charge in [0.15, 0.2) is 0 Å². The van der Waals surface area contributed by atoms with Crippen LogP contribution in [0.25, 0.3) is 11.0 Å². The van der Waals surface area contributed by atoms with Crippen LogP contribution in [0.3, 0.4) is 0 Å². The number of aromatic nitrogens is 3. The van der Waals surface area contributed by atoms with Gasteiger partial charge < -0.3 is 4.90 Å². The van der Waals surface area contributed by atoms with Gasteiger partial charge in [0.1, 0.15) is 0 Å². The number of benzene rings is 2. The second-order valence-electron chi connectivity index (χ2n) is 8.72. The maximum atomic E-state index is 4.87. The topological polar surface area (TPSA) is 41.9 Å². The minimum Gasteiger partial charge on any atom is -0.377 e. The average molecular weight is 466 g/mol. The highest BCUT2D eigenvalue weighted by molar-refractivity contribution is 6.99. The second-order valence-corrected chi connectivity index (χ2v) is 8.72. The van der Waals surface area contributed by atoms with Crippen LogP contribution >= 0.6 is 0 Å². The second kappa shape index (κ2) is 10.8. The van der Waals surface area contributed by atoms with E-state index in [1.165, 1.54) is 0 Å². The van der Waals surface area contributed by atoms with Crippen LogP contribution < -0.4 is 16.1 Å². The normalized spacial score (nSPS) is 11.5. The van der Waals surface area contributed by atoms with Gasteiger partial charge in [0.2, 0.25) is 0 Å². The minimum atomic E-state index is -0.229. The molecule has 0 radical (unpaired) electrons. The number of rotatable bonds is 7. The smallest absolute Gasteiger partial charge is 0.291 e. The number of hydrogen-bond acceptors (Lipinski definition) is 4. The molecule has 5 heteroatoms. The molecule has 0 aliphatic rings. The first kappa shape index (κ1) is 23.2. The molecule has 2 aromatic carbocycles. The van der Waals surface area contributed by atoms with Crippen LogP contribution in [0.4, 0.5) is 5.69 Å². The lowest BCUT2D eigenvalue weighted by Gasteiger charge is -2.25. The Morgan fingerprint density at radius 2 is 1.14 bits per heavy atom. The summed E-state index contributed by atoms with van der Waals surface area (Å²) >= 11 is 0. The molecular weight excluding hydrogens is 439 g/mol. The number of nitrogens with zero attached hydrogens (tertiary/aromatic N) is 4. The van der Waals surface area contributed by atoms with E-state index >= 15 is 0 Å². The quantitative estimate of drug-likeness (QED) is 0.325. The van der Waals surface area contributed by atoms with Gasteiger partial charge in [0.25, 0.3) is 6.71 Å². The summed E-state index contributed by atoms with van der Waals surface area (Å²) in [6.07, 6.45) is 5.54. The molecule has 4 nitrogen and oxygen atoms in total. The summed E-state index contributed by atoms with van der Waals surface area (Å²) in [6, 6.07) is 37.2. The maximum Gasteiger partial charge on any atom is 0.291 e. The van der Waals surface area contributed by atoms with Gasteiger partial charge in [-0.15, -0.1) is 0 Å². The molecule has 0 amide bonds. The van der Waals surface area contributed by atoms with Crippen LogP contribution in [0.2, 0.25) is 0 Å². The van der Waals surface area contributed by atoms with Crippen molar-refractivity contribution in [3.05, 3.63) is 145 Å². The molecule has 0 N–H and O–H groups in total. The highest BCUT2D eigenvalue weighted by atomic mass is 15.1. The standard InChI is InChI=1S/C31H27BN4/c1-36(2)27-18-7-6-16-25(27)30(24-14-4-3-5-15-24)31(26-17-8-11-21-33-26)32(28-19-9-12-22-34-28)29-20-10-13-23-35-29/h3-23H,1-2H3/b31-30-. The first-order valence-corrected chi connectivity index (χ1v) is 12.0. The molecular formula is C31H27BN4. The highest BCUT2D eigenvalue weighted by Gasteiger charge is 2.32. The lowest BCUT2D eigenvalue weighted by atomic mass is 9.37. The van der Waals surface area contributed by atoms with Crippen molar-refractivity contribution < 1.29 is 0 Å². The third kappa shape index (κ3) is 4.82. The molecule has 0 aliphatic carbocycles. The number of anilines is 1. The fourth-order valence-corrected chi connectivity index (χ4v) is 4.62. The molecule has 3 aromatic heterocycles. The van der Waals surface area contributed by atoms with Crippen LogP contribution in [0.5, 0.6) is 0 Å². The zero-order valence-electron chi connectivity index (χ0n) is 20.5. The number of hydrogen-bond donors (Lipinski definition) is 0. The lowest BCUT2D eigenvalue weighted by molar-refractivity contribution is 1.13. The summed E-state index contributed by atoms with van der Waals surface area (Å²) in [5.41, 5.74) is 8.29. The number of para-hydroxylation sites is 1. The summed E-state index contributed by atoms with van der Waals surface area (Å²) in [6.45, 7) is -0.229. The average Bonchev–Trinajstić information content (AvgIpc) is 2.95. The fraction of sp³-hybridized carbons (Fsp3) is 0.0645. The van der Waals surface area contributed by atoms with Gasteiger partial charge in [-0.1, -0.05) is 66.7 Å². The molecule has 0 saturated carbocycles. The minimum absolute atomic E-state index is 0.229. The third-order valence-corrected chi connectivity index (χ3v) is 6.18. The van der Waals surface area contributed by atoms with E-state index in [0.29, 0.717) is 0 Å². The Bertz CT molecular complexity index is 1400. The molecule has 0 unspecified atom stereocenters. The molecule has 0 aliphatic heterocycles. The first-order valence-electron chi connectivity index (χ1n) is 12.0. The molecule has 0 bridgehead atoms. The third-order valence-electron chi connectivity index (χ3n) is 6.18. The van der Waals surface area contributed by atoms with Gasteiger partial charge in [-0.2, -0.15) is 0 Å². The molecule has 0 atom stereocenters. The fourth-order valence-electron chi connectivity index (χ4n) is 4.62. The van der Waals surface area contributed by atoms with Gasteiger partial charge in [-0.3, -0.25) is 15.0 Å². The van der Waals surface area contributed by atoms with Crippen molar-refractivity contribution in [2.24, 2.45) is 0 Å². The van der Waals surface area contributed by atoms with E-state index in [1.807, 2.05) is 61.1 Å². The van der Waals surface area contributed by atoms with E-state index in [1.54, 1.807) is 0 Å². The van der Waals surface area contributed by atoms with Gasteiger partial charge in [0, 0.05) is 55.1 Å². The molecule has 5 aromatic rings. The zero-order chi connectivity index (χ0) is 24.7. The Hall–Kier alpha value is -4.51. The molecule has 0 fully saturated rings. The zero-order valence-corrected chi connectivity index (χ0v) is 20.5. The molecule has 174 valence electrons. The maximum absolute atomic E-state index is 4.87. The SMILES string of the molecule is CN(C)c1ccccc1/C(=C(\B(c1ccccn1)c1ccccn1)c1ccccn1)c1ccccc1. The van der Waals surface area contributed by atoms with Crippen LogP contribution in [0.1, 0.15) is 16.8 Å². The van der Waals surface area contributed by atoms with Crippen molar-refractivity contribution in [1.82, 2.24) is 15.0 Å². The summed E-state index contributed by atoms with van der Waals surface area (Å²) < 4.78 is 0. The van der Waals surface area contributed by atoms with Crippen molar-refractivity contribution in [2.45, 2.75) is 0 Å². The van der Waals surface area contributed by atoms with Gasteiger partial charge in [-0.05, 0) is 59.1 Å². The van der Waals surface area contributed by atoms with E-state index in [2.05, 4.69) is 85.7 Å². The molecule has 0 spiro atoms. The van der Waals surface area contributed by atoms with E-state index in [4.69, 9.17) is 15.0 Å². The van der Waals surface area contributed by atoms with Crippen LogP contribution in [0.15, 0.2) is 128 Å². The predicted octanol–water partition coefficient (Wildman–Crippen LogP) is 4.75. The first-order chi connectivity index (χ1) is 17.7. The lowest BCUT2D eigenvalue weighted by Crippen LogP contribution is -2.47. The van der Waals surface area contributed by atoms with Crippen LogP contribution in [-0.4, -0.2) is 35.8 Å². The van der Waals surface area contributed by atoms with Crippen molar-refractivity contribution in [3.63, 3.8) is 0 Å². The van der Waals surface area contributed by atoms with Gasteiger partial charge >= 0.3 is 0 Å². The molecule has 5 rings (SSSR count). The molecule has 36 heavy (non-hydrogen) atoms. The Balaban J connectivity index is 1.95. The summed E-state index contributed by atoms with van der Waals surface area (Å²) in [5.74, 6) is 0. The summed E-state index contributed by atoms with van der Waals surface area (Å²) in [5, 5.41) is 0. The van der Waals surface area contributed by atoms with E-state index in [9.17, 15) is 0 Å². The monoisotopic (exact) mass is 466 g/mol. The van der Waals surface area contributed by atoms with Gasteiger partial charge in [0.05, 0.1) is 5.69 Å². The number of pyridine rings is 3.